The van der Waals surface area contributed by atoms with Crippen molar-refractivity contribution in [1.82, 2.24) is 0 Å². The second kappa shape index (κ2) is 15.7. The summed E-state index contributed by atoms with van der Waals surface area (Å²) in [6.07, 6.45) is 1.43. The van der Waals surface area contributed by atoms with Gasteiger partial charge in [-0.2, -0.15) is 6.42 Å². The van der Waals surface area contributed by atoms with Gasteiger partial charge in [-0.1, -0.05) is 6.42 Å². The smallest absolute Gasteiger partial charge is 1.00 e. The van der Waals surface area contributed by atoms with Gasteiger partial charge in [-0.05, 0) is 0 Å². The second-order valence-electron chi connectivity index (χ2n) is 1.06. The number of hydrogen-bond acceptors (Lipinski definition) is 1. The topological polar surface area (TPSA) is 9.23 Å². The molecule has 0 bridgehead atoms. The van der Waals surface area contributed by atoms with Gasteiger partial charge in [0.2, 0.25) is 0 Å². The molecule has 0 aromatic heterocycles. The van der Waals surface area contributed by atoms with E-state index in [4.69, 9.17) is 4.11 Å². The molecule has 3 heteroatoms. The van der Waals surface area contributed by atoms with E-state index in [1.807, 2.05) is 0 Å². The largest absolute Gasteiger partial charge is 2.00 e. The Morgan fingerprint density at radius 2 is 2.38 bits per heavy atom. The molecule has 0 aliphatic rings. The molecule has 0 saturated carbocycles. The van der Waals surface area contributed by atoms with Gasteiger partial charge in [0.05, 0.1) is 4.11 Å². The fraction of sp³-hybridized carbons (Fsp3) is 0.800. The van der Waals surface area contributed by atoms with Gasteiger partial charge < -0.3 is 28.6 Å². The van der Waals surface area contributed by atoms with E-state index in [0.717, 1.165) is 6.42 Å². The molecule has 0 heterocycles. The summed E-state index contributed by atoms with van der Waals surface area (Å²) in [6, 6.07) is 0. The summed E-state index contributed by atoms with van der Waals surface area (Å²) in [5.74, 6) is 0. The minimum Gasteiger partial charge on any atom is -1.00 e. The van der Waals surface area contributed by atoms with Crippen molar-refractivity contribution in [3.8, 4) is 0 Å². The van der Waals surface area contributed by atoms with E-state index in [-0.39, 0.29) is 46.6 Å². The molecular formula is C5H11BrMgO. The Morgan fingerprint density at radius 1 is 1.75 bits per heavy atom. The number of ether oxygens (including phenoxy) is 1. The molecule has 1 nitrogen and oxygen atoms in total. The van der Waals surface area contributed by atoms with Crippen LogP contribution in [-0.4, -0.2) is 36.7 Å². The van der Waals surface area contributed by atoms with Crippen molar-refractivity contribution in [2.24, 2.45) is 0 Å². The molecule has 0 unspecified atom stereocenters. The van der Waals surface area contributed by atoms with E-state index >= 15 is 0 Å². The van der Waals surface area contributed by atoms with E-state index in [2.05, 4.69) is 11.7 Å². The van der Waals surface area contributed by atoms with Crippen molar-refractivity contribution in [1.29, 1.82) is 0 Å². The molecule has 0 aliphatic heterocycles. The molecule has 8 heavy (non-hydrogen) atoms. The van der Waals surface area contributed by atoms with Crippen molar-refractivity contribution in [2.75, 3.05) is 13.6 Å². The summed E-state index contributed by atoms with van der Waals surface area (Å²) in [5, 5.41) is 0. The first-order valence-electron chi connectivity index (χ1n) is 3.49. The quantitative estimate of drug-likeness (QED) is 0.283. The summed E-state index contributed by atoms with van der Waals surface area (Å²) < 4.78 is 24.2. The standard InChI is InChI=1S/C5H11O.BrH.Mg/c1-3-4-5-6-2;;/h1,3-5H2,2H3;1H;/q-1;;+2/p-1/i2D3;;. The van der Waals surface area contributed by atoms with E-state index < -0.39 is 7.04 Å². The van der Waals surface area contributed by atoms with Crippen LogP contribution in [0, 0.1) is 6.92 Å². The van der Waals surface area contributed by atoms with Gasteiger partial charge in [0, 0.05) is 13.6 Å². The zero-order chi connectivity index (χ0) is 7.33. The predicted octanol–water partition coefficient (Wildman–Crippen LogP) is -2.13. The molecule has 0 aromatic rings. The van der Waals surface area contributed by atoms with Crippen LogP contribution in [0.1, 0.15) is 17.0 Å². The molecule has 0 fully saturated rings. The third kappa shape index (κ3) is 15.7. The maximum absolute atomic E-state index is 6.60. The number of halogens is 1. The van der Waals surface area contributed by atoms with Gasteiger partial charge in [0.25, 0.3) is 0 Å². The average molecular weight is 194 g/mol. The Balaban J connectivity index is -0.000000320. The maximum atomic E-state index is 6.60. The maximum Gasteiger partial charge on any atom is 2.00 e. The zero-order valence-corrected chi connectivity index (χ0v) is 7.82. The van der Waals surface area contributed by atoms with E-state index in [9.17, 15) is 0 Å². The molecule has 0 saturated heterocycles. The van der Waals surface area contributed by atoms with Crippen molar-refractivity contribution in [2.45, 2.75) is 12.8 Å². The van der Waals surface area contributed by atoms with Crippen LogP contribution in [0.4, 0.5) is 0 Å². The second-order valence-corrected chi connectivity index (χ2v) is 1.06. The Labute approximate surface area is 82.3 Å². The van der Waals surface area contributed by atoms with Crippen LogP contribution >= 0.6 is 0 Å². The molecule has 0 amide bonds. The minimum atomic E-state index is -2.23. The average Bonchev–Trinajstić information content (AvgIpc) is 1.63. The molecule has 0 spiro atoms. The van der Waals surface area contributed by atoms with Gasteiger partial charge in [0.15, 0.2) is 0 Å². The number of rotatable bonds is 3. The van der Waals surface area contributed by atoms with Gasteiger partial charge in [0.1, 0.15) is 0 Å². The van der Waals surface area contributed by atoms with Gasteiger partial charge >= 0.3 is 23.1 Å². The van der Waals surface area contributed by atoms with Gasteiger partial charge in [-0.25, -0.2) is 0 Å². The summed E-state index contributed by atoms with van der Waals surface area (Å²) in [7, 11) is -2.23. The van der Waals surface area contributed by atoms with Crippen LogP contribution in [0.5, 0.6) is 0 Å². The van der Waals surface area contributed by atoms with Crippen molar-refractivity contribution in [3.05, 3.63) is 6.92 Å². The summed E-state index contributed by atoms with van der Waals surface area (Å²) >= 11 is 0. The van der Waals surface area contributed by atoms with E-state index in [1.165, 1.54) is 0 Å². The van der Waals surface area contributed by atoms with Crippen LogP contribution < -0.4 is 17.0 Å². The zero-order valence-electron chi connectivity index (χ0n) is 7.82. The monoisotopic (exact) mass is 193 g/mol. The van der Waals surface area contributed by atoms with E-state index in [1.54, 1.807) is 0 Å². The SMILES string of the molecule is [2H]C([2H])([2H])OCCC[CH2-].[Br-].[Mg+2]. The molecule has 0 aliphatic carbocycles. The third-order valence-corrected chi connectivity index (χ3v) is 0.496. The number of hydrogen-bond donors (Lipinski definition) is 0. The van der Waals surface area contributed by atoms with Gasteiger partial charge in [-0.3, -0.25) is 0 Å². The summed E-state index contributed by atoms with van der Waals surface area (Å²) in [5.41, 5.74) is 0. The molecule has 0 radical (unpaired) electrons. The first kappa shape index (κ1) is 7.31. The third-order valence-electron chi connectivity index (χ3n) is 0.496. The number of methoxy groups -OCH3 is 1. The predicted molar refractivity (Wildman–Crippen MR) is 32.2 cm³/mol. The van der Waals surface area contributed by atoms with Gasteiger partial charge in [-0.15, -0.1) is 0 Å². The normalized spacial score (nSPS) is 13.9. The van der Waals surface area contributed by atoms with Crippen LogP contribution in [0.3, 0.4) is 0 Å². The Kier molecular flexibility index (Phi) is 14.4. The summed E-state index contributed by atoms with van der Waals surface area (Å²) in [6.45, 7) is 3.82. The Morgan fingerprint density at radius 3 is 2.75 bits per heavy atom. The number of unbranched alkanes of at least 4 members (excludes halogenated alkanes) is 1. The van der Waals surface area contributed by atoms with Crippen LogP contribution in [0.25, 0.3) is 0 Å². The molecule has 0 atom stereocenters. The molecule has 0 aromatic carbocycles. The van der Waals surface area contributed by atoms with Crippen LogP contribution in [0.15, 0.2) is 0 Å². The minimum absolute atomic E-state index is 0. The molecule has 0 N–H and O–H groups in total. The fourth-order valence-corrected chi connectivity index (χ4v) is 0.174. The van der Waals surface area contributed by atoms with E-state index in [0.29, 0.717) is 6.42 Å². The summed E-state index contributed by atoms with van der Waals surface area (Å²) in [4.78, 5) is 0. The molecule has 0 rings (SSSR count). The van der Waals surface area contributed by atoms with Crippen LogP contribution in [-0.2, 0) is 4.74 Å². The van der Waals surface area contributed by atoms with Crippen LogP contribution in [0.2, 0.25) is 0 Å². The molecule has 46 valence electrons. The first-order valence-corrected chi connectivity index (χ1v) is 1.99. The molecular weight excluding hydrogens is 180 g/mol. The first-order chi connectivity index (χ1) is 4.06. The Bertz CT molecular complexity index is 78.6. The van der Waals surface area contributed by atoms with Crippen molar-refractivity contribution in [3.63, 3.8) is 0 Å². The fourth-order valence-electron chi connectivity index (χ4n) is 0.174. The van der Waals surface area contributed by atoms with Crippen molar-refractivity contribution >= 4 is 23.1 Å². The Hall–Kier alpha value is 1.21. The van der Waals surface area contributed by atoms with Crippen molar-refractivity contribution < 1.29 is 25.8 Å².